The van der Waals surface area contributed by atoms with Crippen LogP contribution in [0.3, 0.4) is 0 Å². The highest BCUT2D eigenvalue weighted by Gasteiger charge is 2.24. The van der Waals surface area contributed by atoms with Gasteiger partial charge in [0.2, 0.25) is 0 Å². The van der Waals surface area contributed by atoms with Gasteiger partial charge >= 0.3 is 0 Å². The monoisotopic (exact) mass is 249 g/mol. The molecule has 1 aliphatic heterocycles. The van der Waals surface area contributed by atoms with Crippen LogP contribution in [0.2, 0.25) is 0 Å². The maximum absolute atomic E-state index is 5.42. The lowest BCUT2D eigenvalue weighted by Gasteiger charge is -2.20. The minimum absolute atomic E-state index is 0.350. The molecule has 0 radical (unpaired) electrons. The Morgan fingerprint density at radius 1 is 1.56 bits per heavy atom. The van der Waals surface area contributed by atoms with Crippen LogP contribution in [0.1, 0.15) is 25.3 Å². The van der Waals surface area contributed by atoms with Gasteiger partial charge in [0.25, 0.3) is 0 Å². The molecule has 2 heterocycles. The minimum Gasteiger partial charge on any atom is -0.380 e. The number of ether oxygens (including phenoxy) is 1. The Balaban J connectivity index is 2.03. The van der Waals surface area contributed by atoms with Crippen molar-refractivity contribution in [2.75, 3.05) is 31.6 Å². The highest BCUT2D eigenvalue weighted by molar-refractivity contribution is 5.47. The normalized spacial score (nSPS) is 19.4. The van der Waals surface area contributed by atoms with Gasteiger partial charge in [-0.05, 0) is 25.5 Å². The number of nitrogens with zero attached hydrogens (tertiary/aromatic N) is 2. The molecule has 1 aromatic rings. The van der Waals surface area contributed by atoms with E-state index in [2.05, 4.69) is 28.2 Å². The topological polar surface area (TPSA) is 37.4 Å². The highest BCUT2D eigenvalue weighted by atomic mass is 16.5. The predicted molar refractivity (Wildman–Crippen MR) is 73.9 cm³/mol. The van der Waals surface area contributed by atoms with Crippen LogP contribution in [0.4, 0.5) is 5.82 Å². The molecule has 1 fully saturated rings. The van der Waals surface area contributed by atoms with Crippen LogP contribution in [0.5, 0.6) is 0 Å². The van der Waals surface area contributed by atoms with Crippen molar-refractivity contribution in [1.82, 2.24) is 10.3 Å². The van der Waals surface area contributed by atoms with Gasteiger partial charge in [0.05, 0.1) is 6.10 Å². The van der Waals surface area contributed by atoms with Crippen LogP contribution in [0.25, 0.3) is 0 Å². The molecular weight excluding hydrogens is 226 g/mol. The lowest BCUT2D eigenvalue weighted by Crippen LogP contribution is -2.25. The molecule has 100 valence electrons. The maximum atomic E-state index is 5.42. The summed E-state index contributed by atoms with van der Waals surface area (Å²) in [6, 6.07) is 4.17. The average molecular weight is 249 g/mol. The van der Waals surface area contributed by atoms with Gasteiger partial charge in [0, 0.05) is 38.5 Å². The molecule has 1 saturated heterocycles. The van der Waals surface area contributed by atoms with Crippen molar-refractivity contribution in [1.29, 1.82) is 0 Å². The number of pyridine rings is 1. The average Bonchev–Trinajstić information content (AvgIpc) is 2.88. The van der Waals surface area contributed by atoms with Crippen molar-refractivity contribution in [2.45, 2.75) is 32.4 Å². The Morgan fingerprint density at radius 2 is 2.44 bits per heavy atom. The fourth-order valence-electron chi connectivity index (χ4n) is 2.37. The fourth-order valence-corrected chi connectivity index (χ4v) is 2.37. The van der Waals surface area contributed by atoms with Gasteiger partial charge in [-0.3, -0.25) is 0 Å². The van der Waals surface area contributed by atoms with E-state index in [0.29, 0.717) is 6.10 Å². The first kappa shape index (κ1) is 13.3. The Morgan fingerprint density at radius 3 is 3.17 bits per heavy atom. The van der Waals surface area contributed by atoms with Gasteiger partial charge in [-0.25, -0.2) is 4.98 Å². The Bertz CT molecular complexity index is 370. The van der Waals surface area contributed by atoms with Gasteiger partial charge in [0.15, 0.2) is 0 Å². The molecule has 0 aliphatic carbocycles. The van der Waals surface area contributed by atoms with E-state index >= 15 is 0 Å². The number of nitrogens with one attached hydrogen (secondary N) is 1. The number of hydrogen-bond acceptors (Lipinski definition) is 4. The molecule has 1 aromatic heterocycles. The summed E-state index contributed by atoms with van der Waals surface area (Å²) in [6.07, 6.45) is 4.47. The van der Waals surface area contributed by atoms with Crippen molar-refractivity contribution < 1.29 is 4.74 Å². The molecular formula is C14H23N3O. The van der Waals surface area contributed by atoms with Crippen LogP contribution in [-0.4, -0.2) is 37.8 Å². The fraction of sp³-hybridized carbons (Fsp3) is 0.643. The number of aromatic nitrogens is 1. The van der Waals surface area contributed by atoms with E-state index in [-0.39, 0.29) is 0 Å². The summed E-state index contributed by atoms with van der Waals surface area (Å²) in [5.74, 6) is 1.11. The zero-order chi connectivity index (χ0) is 12.8. The molecule has 4 nitrogen and oxygen atoms in total. The van der Waals surface area contributed by atoms with Crippen LogP contribution in [-0.2, 0) is 11.3 Å². The van der Waals surface area contributed by atoms with Crippen LogP contribution in [0.15, 0.2) is 18.3 Å². The summed E-state index contributed by atoms with van der Waals surface area (Å²) in [5.41, 5.74) is 1.28. The smallest absolute Gasteiger partial charge is 0.133 e. The second-order valence-electron chi connectivity index (χ2n) is 4.76. The van der Waals surface area contributed by atoms with Crippen molar-refractivity contribution in [3.63, 3.8) is 0 Å². The van der Waals surface area contributed by atoms with E-state index in [1.807, 2.05) is 12.3 Å². The van der Waals surface area contributed by atoms with Crippen LogP contribution >= 0.6 is 0 Å². The lowest BCUT2D eigenvalue weighted by molar-refractivity contribution is 0.121. The van der Waals surface area contributed by atoms with Gasteiger partial charge < -0.3 is 15.0 Å². The summed E-state index contributed by atoms with van der Waals surface area (Å²) < 4.78 is 5.42. The molecule has 0 saturated carbocycles. The predicted octanol–water partition coefficient (Wildman–Crippen LogP) is 1.81. The van der Waals surface area contributed by atoms with E-state index in [4.69, 9.17) is 4.74 Å². The van der Waals surface area contributed by atoms with E-state index < -0.39 is 0 Å². The van der Waals surface area contributed by atoms with Crippen molar-refractivity contribution in [3.05, 3.63) is 23.9 Å². The Labute approximate surface area is 109 Å². The van der Waals surface area contributed by atoms with E-state index in [0.717, 1.165) is 44.8 Å². The van der Waals surface area contributed by atoms with Crippen LogP contribution in [0, 0.1) is 0 Å². The van der Waals surface area contributed by atoms with Gasteiger partial charge in [0.1, 0.15) is 5.82 Å². The molecule has 0 aromatic carbocycles. The SMILES string of the molecule is CCCNCc1cccnc1N1CCC(OC)C1. The van der Waals surface area contributed by atoms with Crippen molar-refractivity contribution in [2.24, 2.45) is 0 Å². The summed E-state index contributed by atoms with van der Waals surface area (Å²) in [5, 5.41) is 3.44. The zero-order valence-electron chi connectivity index (χ0n) is 11.4. The molecule has 1 aliphatic rings. The molecule has 0 bridgehead atoms. The minimum atomic E-state index is 0.350. The molecule has 1 N–H and O–H groups in total. The molecule has 18 heavy (non-hydrogen) atoms. The number of rotatable bonds is 6. The Kier molecular flexibility index (Phi) is 4.96. The van der Waals surface area contributed by atoms with Gasteiger partial charge in [-0.2, -0.15) is 0 Å². The molecule has 1 atom stereocenters. The third-order valence-corrected chi connectivity index (χ3v) is 3.39. The van der Waals surface area contributed by atoms with E-state index in [9.17, 15) is 0 Å². The molecule has 1 unspecified atom stereocenters. The first-order valence-electron chi connectivity index (χ1n) is 6.77. The van der Waals surface area contributed by atoms with Gasteiger partial charge in [-0.1, -0.05) is 13.0 Å². The largest absolute Gasteiger partial charge is 0.380 e. The first-order chi connectivity index (χ1) is 8.85. The maximum Gasteiger partial charge on any atom is 0.133 e. The third-order valence-electron chi connectivity index (χ3n) is 3.39. The molecule has 0 amide bonds. The van der Waals surface area contributed by atoms with Crippen molar-refractivity contribution in [3.8, 4) is 0 Å². The van der Waals surface area contributed by atoms with E-state index in [1.165, 1.54) is 5.56 Å². The summed E-state index contributed by atoms with van der Waals surface area (Å²) in [4.78, 5) is 6.87. The lowest BCUT2D eigenvalue weighted by atomic mass is 10.2. The summed E-state index contributed by atoms with van der Waals surface area (Å²) in [7, 11) is 1.79. The van der Waals surface area contributed by atoms with E-state index in [1.54, 1.807) is 7.11 Å². The molecule has 4 heteroatoms. The quantitative estimate of drug-likeness (QED) is 0.780. The Hall–Kier alpha value is -1.13. The number of hydrogen-bond donors (Lipinski definition) is 1. The van der Waals surface area contributed by atoms with Crippen molar-refractivity contribution >= 4 is 5.82 Å². The number of anilines is 1. The summed E-state index contributed by atoms with van der Waals surface area (Å²) in [6.45, 7) is 6.12. The second kappa shape index (κ2) is 6.71. The van der Waals surface area contributed by atoms with Crippen LogP contribution < -0.4 is 10.2 Å². The number of methoxy groups -OCH3 is 1. The van der Waals surface area contributed by atoms with Gasteiger partial charge in [-0.15, -0.1) is 0 Å². The first-order valence-corrected chi connectivity index (χ1v) is 6.77. The molecule has 0 spiro atoms. The standard InChI is InChI=1S/C14H23N3O/c1-3-7-15-10-12-5-4-8-16-14(12)17-9-6-13(11-17)18-2/h4-5,8,13,15H,3,6-7,9-11H2,1-2H3. The molecule has 2 rings (SSSR count). The highest BCUT2D eigenvalue weighted by Crippen LogP contribution is 2.23. The zero-order valence-corrected chi connectivity index (χ0v) is 11.4. The summed E-state index contributed by atoms with van der Waals surface area (Å²) >= 11 is 0. The third kappa shape index (κ3) is 3.21. The second-order valence-corrected chi connectivity index (χ2v) is 4.76.